The summed E-state index contributed by atoms with van der Waals surface area (Å²) in [5, 5.41) is 28.0. The number of amides is 4. The van der Waals surface area contributed by atoms with Crippen molar-refractivity contribution >= 4 is 36.2 Å². The van der Waals surface area contributed by atoms with Gasteiger partial charge < -0.3 is 15.2 Å². The number of aryl methyl sites for hydroxylation is 4. The monoisotopic (exact) mass is 979 g/mol. The smallest absolute Gasteiger partial charge is 0.423 e. The molecule has 0 aliphatic heterocycles. The Balaban J connectivity index is 0.000000647. The van der Waals surface area contributed by atoms with E-state index >= 15 is 0 Å². The maximum absolute atomic E-state index is 14.5. The molecular formula is C50H66BF5KN4O7+. The van der Waals surface area contributed by atoms with E-state index in [0.717, 1.165) is 47.9 Å². The van der Waals surface area contributed by atoms with Crippen molar-refractivity contribution in [2.24, 2.45) is 10.8 Å². The maximum atomic E-state index is 14.5. The van der Waals surface area contributed by atoms with E-state index in [4.69, 9.17) is 5.11 Å². The van der Waals surface area contributed by atoms with Crippen LogP contribution in [0.4, 0.5) is 22.0 Å². The molecule has 0 spiro atoms. The average Bonchev–Trinajstić information content (AvgIpc) is 3.21. The van der Waals surface area contributed by atoms with Crippen LogP contribution in [0.3, 0.4) is 0 Å². The summed E-state index contributed by atoms with van der Waals surface area (Å²) in [6.07, 6.45) is -2.05. The van der Waals surface area contributed by atoms with Crippen molar-refractivity contribution in [2.75, 3.05) is 7.11 Å². The van der Waals surface area contributed by atoms with Gasteiger partial charge in [-0.25, -0.2) is 18.8 Å². The van der Waals surface area contributed by atoms with Gasteiger partial charge in [-0.1, -0.05) is 109 Å². The number of aliphatic hydroxyl groups is 1. The molecule has 4 aromatic rings. The summed E-state index contributed by atoms with van der Waals surface area (Å²) in [4.78, 5) is 53.0. The van der Waals surface area contributed by atoms with E-state index in [0.29, 0.717) is 36.5 Å². The minimum absolute atomic E-state index is 0. The molecule has 0 saturated carbocycles. The molecule has 4 aromatic carbocycles. The van der Waals surface area contributed by atoms with Gasteiger partial charge in [-0.2, -0.15) is 13.2 Å². The van der Waals surface area contributed by atoms with E-state index in [9.17, 15) is 51.2 Å². The van der Waals surface area contributed by atoms with Crippen molar-refractivity contribution in [1.82, 2.24) is 20.9 Å². The fourth-order valence-electron chi connectivity index (χ4n) is 7.55. The maximum Gasteiger partial charge on any atom is 1.00 e. The molecule has 18 heteroatoms. The molecule has 366 valence electrons. The third-order valence-electron chi connectivity index (χ3n) is 10.6. The first-order valence-electron chi connectivity index (χ1n) is 21.9. The Morgan fingerprint density at radius 3 is 1.21 bits per heavy atom. The van der Waals surface area contributed by atoms with E-state index in [2.05, 4.69) is 10.9 Å². The number of hydrazine groups is 2. The molecule has 0 saturated heterocycles. The van der Waals surface area contributed by atoms with E-state index in [1.165, 1.54) is 22.2 Å². The summed E-state index contributed by atoms with van der Waals surface area (Å²) < 4.78 is 67.6. The second-order valence-corrected chi connectivity index (χ2v) is 18.6. The second kappa shape index (κ2) is 26.8. The van der Waals surface area contributed by atoms with Crippen molar-refractivity contribution < 1.29 is 108 Å². The Kier molecular flexibility index (Phi) is 24.5. The summed E-state index contributed by atoms with van der Waals surface area (Å²) in [5.41, 5.74) is 6.53. The summed E-state index contributed by atoms with van der Waals surface area (Å²) in [6.45, 7) is 23.1. The number of rotatable bonds is 11. The number of halogens is 5. The SMILES string of the molecule is CCC[C@@H](N(NC(=O)c1ccc(B(O)O)cc1F)C(=O)c1cc(C)cc(C)c1)C(C)(C)C.CCC[C@@H](N(NC(=O)c1ccc(C(F)(F)F)cc1F)C(=O)c1cc(C)cc(C)c1)C(C)(C)C.CO.[K+]. The molecule has 0 fully saturated rings. The fourth-order valence-corrected chi connectivity index (χ4v) is 7.55. The summed E-state index contributed by atoms with van der Waals surface area (Å²) >= 11 is 0. The molecule has 0 aliphatic rings. The number of benzene rings is 4. The fraction of sp³-hybridized carbons (Fsp3) is 0.440. The third kappa shape index (κ3) is 17.7. The molecule has 68 heavy (non-hydrogen) atoms. The summed E-state index contributed by atoms with van der Waals surface area (Å²) in [7, 11) is -0.848. The molecule has 2 atom stereocenters. The Hall–Kier alpha value is -4.01. The van der Waals surface area contributed by atoms with Crippen LogP contribution < -0.4 is 67.7 Å². The molecule has 11 nitrogen and oxygen atoms in total. The van der Waals surface area contributed by atoms with Crippen molar-refractivity contribution in [3.63, 3.8) is 0 Å². The Morgan fingerprint density at radius 2 is 0.926 bits per heavy atom. The zero-order chi connectivity index (χ0) is 51.4. The van der Waals surface area contributed by atoms with Crippen molar-refractivity contribution in [3.05, 3.63) is 135 Å². The molecule has 5 N–H and O–H groups in total. The first-order valence-corrected chi connectivity index (χ1v) is 21.9. The number of nitrogens with one attached hydrogen (secondary N) is 2. The Bertz CT molecular complexity index is 2310. The largest absolute Gasteiger partial charge is 1.00 e. The van der Waals surface area contributed by atoms with Crippen LogP contribution in [0, 0.1) is 50.2 Å². The van der Waals surface area contributed by atoms with Crippen LogP contribution in [0.1, 0.15) is 150 Å². The van der Waals surface area contributed by atoms with E-state index in [1.54, 1.807) is 24.3 Å². The number of carbonyl (C=O) groups excluding carboxylic acids is 4. The van der Waals surface area contributed by atoms with Gasteiger partial charge >= 0.3 is 64.7 Å². The minimum Gasteiger partial charge on any atom is -0.423 e. The van der Waals surface area contributed by atoms with E-state index < -0.39 is 65.2 Å². The molecule has 0 radical (unpaired) electrons. The standard InChI is InChI=1S/C25H30F4N2O2.C24H32BFN2O4.CH4O.K/c1-7-8-21(24(4,5)6)31(23(33)17-12-15(2)11-16(3)13-17)30-22(32)19-10-9-18(14-20(19)26)25(27,28)29;1-7-8-21(24(4,5)6)28(23(30)17-12-15(2)11-16(3)13-17)27-22(29)19-10-9-18(25(31)32)14-20(19)26;1-2;/h9-14,21H,7-8H2,1-6H3,(H,30,32);9-14,21,31-32H,7-8H2,1-6H3,(H,27,29);2H,1H3;/q;;;+1/t2*21-;;/m11../s1. The van der Waals surface area contributed by atoms with Gasteiger partial charge in [-0.3, -0.25) is 30.0 Å². The van der Waals surface area contributed by atoms with Gasteiger partial charge in [0.1, 0.15) is 11.6 Å². The minimum atomic E-state index is -4.74. The van der Waals surface area contributed by atoms with Crippen LogP contribution in [-0.2, 0) is 6.18 Å². The average molecular weight is 980 g/mol. The van der Waals surface area contributed by atoms with Crippen LogP contribution in [0.25, 0.3) is 0 Å². The number of alkyl halides is 3. The summed E-state index contributed by atoms with van der Waals surface area (Å²) in [5.74, 6) is -4.86. The van der Waals surface area contributed by atoms with Crippen LogP contribution in [0.2, 0.25) is 0 Å². The van der Waals surface area contributed by atoms with Crippen LogP contribution in [0.5, 0.6) is 0 Å². The first-order chi connectivity index (χ1) is 31.0. The number of nitrogens with zero attached hydrogens (tertiary/aromatic N) is 2. The topological polar surface area (TPSA) is 160 Å². The molecule has 0 heterocycles. The number of aliphatic hydroxyl groups excluding tert-OH is 1. The molecule has 0 bridgehead atoms. The van der Waals surface area contributed by atoms with Crippen LogP contribution in [0.15, 0.2) is 72.8 Å². The van der Waals surface area contributed by atoms with Crippen molar-refractivity contribution in [3.8, 4) is 0 Å². The van der Waals surface area contributed by atoms with Gasteiger partial charge in [0.2, 0.25) is 0 Å². The molecular weight excluding hydrogens is 913 g/mol. The molecule has 4 rings (SSSR count). The van der Waals surface area contributed by atoms with Gasteiger partial charge in [-0.15, -0.1) is 0 Å². The zero-order valence-corrected chi connectivity index (χ0v) is 44.9. The molecule has 4 amide bonds. The zero-order valence-electron chi connectivity index (χ0n) is 41.7. The second-order valence-electron chi connectivity index (χ2n) is 18.6. The molecule has 0 aromatic heterocycles. The predicted octanol–water partition coefficient (Wildman–Crippen LogP) is 6.20. The van der Waals surface area contributed by atoms with E-state index in [-0.39, 0.29) is 85.8 Å². The van der Waals surface area contributed by atoms with Gasteiger partial charge in [0, 0.05) is 18.2 Å². The van der Waals surface area contributed by atoms with Crippen molar-refractivity contribution in [1.29, 1.82) is 0 Å². The van der Waals surface area contributed by atoms with Gasteiger partial charge in [0.15, 0.2) is 0 Å². The van der Waals surface area contributed by atoms with Gasteiger partial charge in [0.05, 0.1) is 28.8 Å². The molecule has 0 aliphatic carbocycles. The first kappa shape index (κ1) is 62.0. The van der Waals surface area contributed by atoms with Crippen LogP contribution >= 0.6 is 0 Å². The number of hydrogen-bond donors (Lipinski definition) is 5. The Labute approximate surface area is 440 Å². The van der Waals surface area contributed by atoms with Gasteiger partial charge in [-0.05, 0) is 111 Å². The Morgan fingerprint density at radius 1 is 0.588 bits per heavy atom. The van der Waals surface area contributed by atoms with Gasteiger partial charge in [0.25, 0.3) is 23.6 Å². The number of hydrogen-bond acceptors (Lipinski definition) is 7. The normalized spacial score (nSPS) is 12.1. The predicted molar refractivity (Wildman–Crippen MR) is 251 cm³/mol. The summed E-state index contributed by atoms with van der Waals surface area (Å²) in [6, 6.07) is 15.0. The molecule has 0 unspecified atom stereocenters. The van der Waals surface area contributed by atoms with Crippen LogP contribution in [-0.4, -0.2) is 75.1 Å². The van der Waals surface area contributed by atoms with Crippen molar-refractivity contribution in [2.45, 2.75) is 127 Å². The van der Waals surface area contributed by atoms with E-state index in [1.807, 2.05) is 95.2 Å². The number of carbonyl (C=O) groups is 4. The third-order valence-corrected chi connectivity index (χ3v) is 10.6. The quantitative estimate of drug-likeness (QED) is 0.0681.